The molecule has 0 radical (unpaired) electrons. The van der Waals surface area contributed by atoms with E-state index in [1.54, 1.807) is 46.5 Å². The van der Waals surface area contributed by atoms with Crippen LogP contribution in [0.5, 0.6) is 11.5 Å². The smallest absolute Gasteiger partial charge is 0.243 e. The largest absolute Gasteiger partial charge is 0.486 e. The number of aryl methyl sites for hydroxylation is 1. The van der Waals surface area contributed by atoms with Gasteiger partial charge in [0.2, 0.25) is 21.8 Å². The van der Waals surface area contributed by atoms with Crippen molar-refractivity contribution in [1.82, 2.24) is 4.31 Å². The van der Waals surface area contributed by atoms with Gasteiger partial charge in [-0.25, -0.2) is 8.42 Å². The molecule has 0 spiro atoms. The van der Waals surface area contributed by atoms with Crippen LogP contribution in [0.15, 0.2) is 41.3 Å². The van der Waals surface area contributed by atoms with E-state index in [9.17, 15) is 18.0 Å². The van der Waals surface area contributed by atoms with Crippen molar-refractivity contribution in [3.05, 3.63) is 42.0 Å². The maximum absolute atomic E-state index is 13.3. The van der Waals surface area contributed by atoms with E-state index < -0.39 is 15.9 Å². The summed E-state index contributed by atoms with van der Waals surface area (Å²) in [5.41, 5.74) is 1.70. The zero-order valence-electron chi connectivity index (χ0n) is 20.4. The van der Waals surface area contributed by atoms with Crippen LogP contribution in [0.4, 0.5) is 11.4 Å². The number of carbonyl (C=O) groups is 2. The van der Waals surface area contributed by atoms with Gasteiger partial charge in [0, 0.05) is 43.5 Å². The molecule has 3 heterocycles. The fraction of sp³-hybridized carbons (Fsp3) is 0.462. The lowest BCUT2D eigenvalue weighted by molar-refractivity contribution is -0.122. The van der Waals surface area contributed by atoms with E-state index in [-0.39, 0.29) is 29.7 Å². The first-order chi connectivity index (χ1) is 17.3. The maximum atomic E-state index is 13.3. The molecule has 9 nitrogen and oxygen atoms in total. The first kappa shape index (κ1) is 24.6. The Labute approximate surface area is 211 Å². The minimum Gasteiger partial charge on any atom is -0.486 e. The van der Waals surface area contributed by atoms with E-state index in [1.807, 2.05) is 0 Å². The van der Waals surface area contributed by atoms with Gasteiger partial charge in [-0.05, 0) is 49.6 Å². The van der Waals surface area contributed by atoms with E-state index in [2.05, 4.69) is 5.32 Å². The Morgan fingerprint density at radius 1 is 0.972 bits per heavy atom. The lowest BCUT2D eigenvalue weighted by Crippen LogP contribution is -2.32. The average Bonchev–Trinajstić information content (AvgIpc) is 3.07. The Kier molecular flexibility index (Phi) is 6.90. The molecule has 0 aromatic heterocycles. The minimum atomic E-state index is -3.66. The molecule has 36 heavy (non-hydrogen) atoms. The number of ether oxygens (including phenoxy) is 2. The lowest BCUT2D eigenvalue weighted by atomic mass is 10.1. The Hall–Kier alpha value is -3.11. The van der Waals surface area contributed by atoms with Crippen molar-refractivity contribution < 1.29 is 27.5 Å². The Balaban J connectivity index is 1.29. The van der Waals surface area contributed by atoms with Crippen molar-refractivity contribution >= 4 is 33.2 Å². The normalized spacial score (nSPS) is 20.8. The molecule has 192 valence electrons. The van der Waals surface area contributed by atoms with Gasteiger partial charge in [-0.15, -0.1) is 0 Å². The monoisotopic (exact) mass is 513 g/mol. The van der Waals surface area contributed by atoms with E-state index in [4.69, 9.17) is 9.47 Å². The van der Waals surface area contributed by atoms with Crippen molar-refractivity contribution in [3.63, 3.8) is 0 Å². The van der Waals surface area contributed by atoms with E-state index >= 15 is 0 Å². The standard InChI is InChI=1S/C26H31N3O6S/c1-18-6-7-20(15-24(18)36(32,33)28-10-4-2-3-5-11-28)27-26(31)19-14-25(30)29(17-19)21-8-9-22-23(16-21)35-13-12-34-22/h6-9,15-16,19H,2-5,10-14,17H2,1H3,(H,27,31)/t19-/m1/s1. The Morgan fingerprint density at radius 3 is 2.44 bits per heavy atom. The molecule has 10 heteroatoms. The molecule has 0 unspecified atom stereocenters. The number of nitrogens with one attached hydrogen (secondary N) is 1. The zero-order valence-corrected chi connectivity index (χ0v) is 21.2. The molecule has 0 bridgehead atoms. The van der Waals surface area contributed by atoms with Crippen molar-refractivity contribution in [3.8, 4) is 11.5 Å². The number of rotatable bonds is 5. The summed E-state index contributed by atoms with van der Waals surface area (Å²) in [6.07, 6.45) is 3.84. The molecule has 3 aliphatic rings. The number of nitrogens with zero attached hydrogens (tertiary/aromatic N) is 2. The summed E-state index contributed by atoms with van der Waals surface area (Å²) in [5.74, 6) is 0.191. The summed E-state index contributed by atoms with van der Waals surface area (Å²) < 4.78 is 39.4. The van der Waals surface area contributed by atoms with Crippen LogP contribution in [0.25, 0.3) is 0 Å². The Morgan fingerprint density at radius 2 is 1.69 bits per heavy atom. The third-order valence-electron chi connectivity index (χ3n) is 6.97. The molecule has 2 fully saturated rings. The summed E-state index contributed by atoms with van der Waals surface area (Å²) in [6, 6.07) is 10.2. The number of hydrogen-bond acceptors (Lipinski definition) is 6. The van der Waals surface area contributed by atoms with Gasteiger partial charge in [-0.1, -0.05) is 18.9 Å². The number of benzene rings is 2. The highest BCUT2D eigenvalue weighted by Crippen LogP contribution is 2.36. The first-order valence-electron chi connectivity index (χ1n) is 12.4. The molecule has 2 aromatic carbocycles. The molecule has 5 rings (SSSR count). The highest BCUT2D eigenvalue weighted by atomic mass is 32.2. The average molecular weight is 514 g/mol. The van der Waals surface area contributed by atoms with Gasteiger partial charge in [0.1, 0.15) is 13.2 Å². The summed E-state index contributed by atoms with van der Waals surface area (Å²) in [4.78, 5) is 27.6. The summed E-state index contributed by atoms with van der Waals surface area (Å²) in [7, 11) is -3.66. The highest BCUT2D eigenvalue weighted by molar-refractivity contribution is 7.89. The van der Waals surface area contributed by atoms with Crippen LogP contribution in [0.2, 0.25) is 0 Å². The third kappa shape index (κ3) is 4.92. The molecule has 2 saturated heterocycles. The minimum absolute atomic E-state index is 0.0745. The number of hydrogen-bond donors (Lipinski definition) is 1. The molecule has 2 aromatic rings. The van der Waals surface area contributed by atoms with Crippen molar-refractivity contribution in [2.45, 2.75) is 43.9 Å². The second kappa shape index (κ2) is 10.1. The van der Waals surface area contributed by atoms with Gasteiger partial charge in [0.15, 0.2) is 11.5 Å². The summed E-state index contributed by atoms with van der Waals surface area (Å²) in [5, 5.41) is 2.84. The molecule has 2 amide bonds. The molecule has 1 N–H and O–H groups in total. The van der Waals surface area contributed by atoms with Crippen molar-refractivity contribution in [1.29, 1.82) is 0 Å². The zero-order chi connectivity index (χ0) is 25.3. The second-order valence-electron chi connectivity index (χ2n) is 9.52. The van der Waals surface area contributed by atoms with Crippen LogP contribution in [0, 0.1) is 12.8 Å². The van der Waals surface area contributed by atoms with Gasteiger partial charge < -0.3 is 19.7 Å². The highest BCUT2D eigenvalue weighted by Gasteiger charge is 2.36. The van der Waals surface area contributed by atoms with Crippen LogP contribution in [-0.2, 0) is 19.6 Å². The van der Waals surface area contributed by atoms with Gasteiger partial charge >= 0.3 is 0 Å². The molecule has 3 aliphatic heterocycles. The predicted molar refractivity (Wildman–Crippen MR) is 135 cm³/mol. The fourth-order valence-electron chi connectivity index (χ4n) is 4.95. The molecule has 0 aliphatic carbocycles. The van der Waals surface area contributed by atoms with Gasteiger partial charge in [-0.2, -0.15) is 4.31 Å². The molecule has 0 saturated carbocycles. The van der Waals surface area contributed by atoms with E-state index in [1.165, 1.54) is 6.07 Å². The number of anilines is 2. The van der Waals surface area contributed by atoms with Crippen molar-refractivity contribution in [2.24, 2.45) is 5.92 Å². The van der Waals surface area contributed by atoms with Crippen LogP contribution in [0.1, 0.15) is 37.7 Å². The van der Waals surface area contributed by atoms with E-state index in [0.29, 0.717) is 54.7 Å². The molecular formula is C26H31N3O6S. The van der Waals surface area contributed by atoms with E-state index in [0.717, 1.165) is 25.7 Å². The second-order valence-corrected chi connectivity index (χ2v) is 11.4. The number of carbonyl (C=O) groups excluding carboxylic acids is 2. The Bertz CT molecular complexity index is 1270. The van der Waals surface area contributed by atoms with Crippen LogP contribution >= 0.6 is 0 Å². The predicted octanol–water partition coefficient (Wildman–Crippen LogP) is 3.32. The summed E-state index contributed by atoms with van der Waals surface area (Å²) in [6.45, 7) is 3.95. The summed E-state index contributed by atoms with van der Waals surface area (Å²) >= 11 is 0. The van der Waals surface area contributed by atoms with Gasteiger partial charge in [0.25, 0.3) is 0 Å². The molecule has 1 atom stereocenters. The lowest BCUT2D eigenvalue weighted by Gasteiger charge is -2.22. The third-order valence-corrected chi connectivity index (χ3v) is 9.01. The maximum Gasteiger partial charge on any atom is 0.243 e. The number of fused-ring (bicyclic) bond motifs is 1. The SMILES string of the molecule is Cc1ccc(NC(=O)[C@@H]2CC(=O)N(c3ccc4c(c3)OCCO4)C2)cc1S(=O)(=O)N1CCCCCC1. The topological polar surface area (TPSA) is 105 Å². The van der Waals surface area contributed by atoms with Gasteiger partial charge in [-0.3, -0.25) is 9.59 Å². The fourth-order valence-corrected chi connectivity index (χ4v) is 6.72. The van der Waals surface area contributed by atoms with Crippen LogP contribution in [-0.4, -0.2) is 57.4 Å². The number of amides is 2. The quantitative estimate of drug-likeness (QED) is 0.658. The number of sulfonamides is 1. The van der Waals surface area contributed by atoms with Gasteiger partial charge in [0.05, 0.1) is 10.8 Å². The van der Waals surface area contributed by atoms with Crippen molar-refractivity contribution in [2.75, 3.05) is 43.1 Å². The first-order valence-corrected chi connectivity index (χ1v) is 13.9. The van der Waals surface area contributed by atoms with Crippen LogP contribution < -0.4 is 19.7 Å². The van der Waals surface area contributed by atoms with Crippen LogP contribution in [0.3, 0.4) is 0 Å². The molecular weight excluding hydrogens is 482 g/mol.